The highest BCUT2D eigenvalue weighted by molar-refractivity contribution is 7.81. The highest BCUT2D eigenvalue weighted by atomic mass is 32.1. The van der Waals surface area contributed by atoms with Gasteiger partial charge in [-0.2, -0.15) is 0 Å². The van der Waals surface area contributed by atoms with E-state index in [1.54, 1.807) is 0 Å². The van der Waals surface area contributed by atoms with Gasteiger partial charge in [0.1, 0.15) is 7.36 Å². The molecule has 0 radical (unpaired) electrons. The molecule has 0 aromatic rings. The maximum Gasteiger partial charge on any atom is 0.196 e. The molecule has 0 aromatic heterocycles. The number of thiocarbonyl (C=S) groups is 1. The van der Waals surface area contributed by atoms with E-state index in [-0.39, 0.29) is 0 Å². The fraction of sp³-hybridized carbons (Fsp3) is 0.957. The van der Waals surface area contributed by atoms with E-state index in [4.69, 9.17) is 26.4 Å². The third-order valence-corrected chi connectivity index (χ3v) is 14.2. The lowest BCUT2D eigenvalue weighted by Crippen LogP contribution is -2.58. The fourth-order valence-electron chi connectivity index (χ4n) is 8.20. The summed E-state index contributed by atoms with van der Waals surface area (Å²) in [4.78, 5) is 2.41. The minimum absolute atomic E-state index is 0.334. The molecule has 0 amide bonds. The van der Waals surface area contributed by atoms with E-state index in [0.29, 0.717) is 5.16 Å². The highest BCUT2D eigenvalue weighted by Gasteiger charge is 2.61. The van der Waals surface area contributed by atoms with Gasteiger partial charge in [0.25, 0.3) is 0 Å². The molecule has 3 heterocycles. The molecule has 31 heavy (non-hydrogen) atoms. The lowest BCUT2D eigenvalue weighted by atomic mass is 9.56. The number of nitrogens with zero attached hydrogens (tertiary/aromatic N) is 4. The lowest BCUT2D eigenvalue weighted by Gasteiger charge is -2.65. The second-order valence-electron chi connectivity index (χ2n) is 10.9. The summed E-state index contributed by atoms with van der Waals surface area (Å²) in [6.07, 6.45) is 11.1. The Morgan fingerprint density at radius 3 is 1.65 bits per heavy atom. The summed E-state index contributed by atoms with van der Waals surface area (Å²) < 4.78 is 23.2. The molecule has 7 aliphatic rings. The Hall–Kier alpha value is -0.0400. The average molecular weight is 467 g/mol. The Kier molecular flexibility index (Phi) is 5.98. The van der Waals surface area contributed by atoms with Crippen molar-refractivity contribution >= 4 is 24.7 Å². The standard InChI is InChI=1S/C23H39N4O2PS/c31-22(25-3-1-2-4-25)24-30(26-5-9-28-10-6-26,27-7-11-29-12-8-27)23-16-19-13-20(17-23)15-21(14-19)18-23/h19-21H,1-18H2. The molecule has 0 spiro atoms. The smallest absolute Gasteiger partial charge is 0.196 e. The first-order valence-corrected chi connectivity index (χ1v) is 14.8. The summed E-state index contributed by atoms with van der Waals surface area (Å²) in [6, 6.07) is 0. The first-order chi connectivity index (χ1) is 15.2. The first-order valence-electron chi connectivity index (χ1n) is 12.8. The van der Waals surface area contributed by atoms with Gasteiger partial charge >= 0.3 is 0 Å². The van der Waals surface area contributed by atoms with Crippen molar-refractivity contribution in [1.82, 2.24) is 14.2 Å². The number of hydrogen-bond acceptors (Lipinski definition) is 3. The van der Waals surface area contributed by atoms with Crippen LogP contribution < -0.4 is 0 Å². The molecule has 0 atom stereocenters. The lowest BCUT2D eigenvalue weighted by molar-refractivity contribution is 0.0168. The van der Waals surface area contributed by atoms with E-state index in [1.165, 1.54) is 51.4 Å². The summed E-state index contributed by atoms with van der Waals surface area (Å²) >= 11 is 6.13. The third-order valence-electron chi connectivity index (χ3n) is 9.01. The number of likely N-dealkylation sites (tertiary alicyclic amines) is 1. The molecule has 0 unspecified atom stereocenters. The molecule has 7 fully saturated rings. The van der Waals surface area contributed by atoms with Crippen LogP contribution in [0.3, 0.4) is 0 Å². The molecule has 4 aliphatic carbocycles. The van der Waals surface area contributed by atoms with Crippen LogP contribution in [0.15, 0.2) is 4.74 Å². The Morgan fingerprint density at radius 1 is 0.742 bits per heavy atom. The second kappa shape index (κ2) is 8.63. The molecule has 8 heteroatoms. The predicted octanol–water partition coefficient (Wildman–Crippen LogP) is 4.03. The number of morpholine rings is 2. The molecule has 3 aliphatic heterocycles. The Morgan fingerprint density at radius 2 is 1.19 bits per heavy atom. The summed E-state index contributed by atoms with van der Waals surface area (Å²) in [6.45, 7) is 9.59. The predicted molar refractivity (Wildman–Crippen MR) is 128 cm³/mol. The summed E-state index contributed by atoms with van der Waals surface area (Å²) in [7, 11) is -2.01. The van der Waals surface area contributed by atoms with E-state index in [1.807, 2.05) is 0 Å². The average Bonchev–Trinajstić information content (AvgIpc) is 3.33. The van der Waals surface area contributed by atoms with Gasteiger partial charge in [0.05, 0.1) is 26.4 Å². The first kappa shape index (κ1) is 21.5. The van der Waals surface area contributed by atoms with E-state index in [2.05, 4.69) is 14.2 Å². The zero-order valence-corrected chi connectivity index (χ0v) is 20.6. The van der Waals surface area contributed by atoms with Crippen molar-refractivity contribution in [1.29, 1.82) is 0 Å². The Labute approximate surface area is 193 Å². The van der Waals surface area contributed by atoms with Crippen molar-refractivity contribution in [3.05, 3.63) is 0 Å². The Balaban J connectivity index is 1.50. The van der Waals surface area contributed by atoms with Gasteiger partial charge in [0.2, 0.25) is 0 Å². The van der Waals surface area contributed by atoms with Crippen molar-refractivity contribution in [2.75, 3.05) is 65.7 Å². The van der Waals surface area contributed by atoms with Crippen LogP contribution in [0.2, 0.25) is 0 Å². The van der Waals surface area contributed by atoms with Crippen LogP contribution in [0.4, 0.5) is 0 Å². The van der Waals surface area contributed by atoms with Gasteiger partial charge in [-0.25, -0.2) is 4.74 Å². The molecule has 174 valence electrons. The van der Waals surface area contributed by atoms with Gasteiger partial charge in [-0.3, -0.25) is 9.34 Å². The molecular weight excluding hydrogens is 427 g/mol. The van der Waals surface area contributed by atoms with Crippen LogP contribution in [0.1, 0.15) is 51.4 Å². The van der Waals surface area contributed by atoms with Crippen molar-refractivity contribution in [2.24, 2.45) is 22.5 Å². The van der Waals surface area contributed by atoms with E-state index >= 15 is 0 Å². The van der Waals surface area contributed by atoms with Gasteiger partial charge < -0.3 is 14.4 Å². The largest absolute Gasteiger partial charge is 0.379 e. The number of ether oxygens (including phenoxy) is 2. The minimum Gasteiger partial charge on any atom is -0.379 e. The maximum absolute atomic E-state index is 6.13. The van der Waals surface area contributed by atoms with E-state index < -0.39 is 7.36 Å². The zero-order chi connectivity index (χ0) is 20.9. The van der Waals surface area contributed by atoms with Crippen LogP contribution in [0.5, 0.6) is 0 Å². The van der Waals surface area contributed by atoms with Crippen LogP contribution in [0.25, 0.3) is 0 Å². The topological polar surface area (TPSA) is 40.5 Å². The minimum atomic E-state index is -2.01. The van der Waals surface area contributed by atoms with E-state index in [9.17, 15) is 0 Å². The summed E-state index contributed by atoms with van der Waals surface area (Å²) in [5.74, 6) is 2.76. The molecule has 3 saturated heterocycles. The number of hydrogen-bond donors (Lipinski definition) is 0. The van der Waals surface area contributed by atoms with Crippen molar-refractivity contribution in [3.8, 4) is 0 Å². The molecule has 0 N–H and O–H groups in total. The van der Waals surface area contributed by atoms with Crippen molar-refractivity contribution in [3.63, 3.8) is 0 Å². The monoisotopic (exact) mass is 466 g/mol. The van der Waals surface area contributed by atoms with Gasteiger partial charge in [-0.05, 0) is 81.3 Å². The van der Waals surface area contributed by atoms with E-state index in [0.717, 1.165) is 88.6 Å². The molecular formula is C23H39N4O2PS. The maximum atomic E-state index is 6.13. The van der Waals surface area contributed by atoms with Gasteiger partial charge in [0.15, 0.2) is 5.11 Å². The van der Waals surface area contributed by atoms with Gasteiger partial charge in [0, 0.05) is 44.4 Å². The summed E-state index contributed by atoms with van der Waals surface area (Å²) in [5, 5.41) is 1.25. The van der Waals surface area contributed by atoms with Crippen LogP contribution in [0, 0.1) is 17.8 Å². The Bertz CT molecular complexity index is 687. The molecule has 7 rings (SSSR count). The molecule has 0 aromatic carbocycles. The quantitative estimate of drug-likeness (QED) is 0.462. The van der Waals surface area contributed by atoms with Crippen LogP contribution in [-0.4, -0.2) is 90.2 Å². The third kappa shape index (κ3) is 3.66. The van der Waals surface area contributed by atoms with Crippen molar-refractivity contribution in [2.45, 2.75) is 56.5 Å². The SMILES string of the molecule is S=C(N=P(N1CCOCC1)(N1CCOCC1)C12CC3CC(CC(C3)C1)C2)N1CCCC1. The van der Waals surface area contributed by atoms with Gasteiger partial charge in [-0.1, -0.05) is 0 Å². The molecule has 6 nitrogen and oxygen atoms in total. The zero-order valence-electron chi connectivity index (χ0n) is 18.9. The number of rotatable bonds is 3. The van der Waals surface area contributed by atoms with Gasteiger partial charge in [-0.15, -0.1) is 0 Å². The molecule has 4 saturated carbocycles. The van der Waals surface area contributed by atoms with Crippen LogP contribution >= 0.6 is 19.6 Å². The second-order valence-corrected chi connectivity index (χ2v) is 14.7. The summed E-state index contributed by atoms with van der Waals surface area (Å²) in [5.41, 5.74) is 0. The molecule has 4 bridgehead atoms. The highest BCUT2D eigenvalue weighted by Crippen LogP contribution is 2.77. The van der Waals surface area contributed by atoms with Crippen molar-refractivity contribution < 1.29 is 9.47 Å². The van der Waals surface area contributed by atoms with Crippen LogP contribution in [-0.2, 0) is 9.47 Å². The fourth-order valence-corrected chi connectivity index (χ4v) is 14.1. The normalized spacial score (nSPS) is 39.2.